The predicted octanol–water partition coefficient (Wildman–Crippen LogP) is 1.62. The van der Waals surface area contributed by atoms with Gasteiger partial charge in [-0.2, -0.15) is 0 Å². The summed E-state index contributed by atoms with van der Waals surface area (Å²) in [5.74, 6) is 0.336. The lowest BCUT2D eigenvalue weighted by molar-refractivity contribution is -0.141. The van der Waals surface area contributed by atoms with Crippen molar-refractivity contribution in [3.8, 4) is 0 Å². The molecule has 1 saturated heterocycles. The van der Waals surface area contributed by atoms with Gasteiger partial charge in [0.1, 0.15) is 6.04 Å². The average molecular weight is 299 g/mol. The Morgan fingerprint density at radius 3 is 2.10 bits per heavy atom. The summed E-state index contributed by atoms with van der Waals surface area (Å²) >= 11 is 0. The molecule has 5 heteroatoms. The maximum absolute atomic E-state index is 12.6. The first kappa shape index (κ1) is 19.9. The van der Waals surface area contributed by atoms with Gasteiger partial charge in [-0.1, -0.05) is 41.5 Å². The van der Waals surface area contributed by atoms with E-state index in [9.17, 15) is 9.59 Å². The van der Waals surface area contributed by atoms with Crippen molar-refractivity contribution >= 4 is 11.8 Å². The molecule has 0 aromatic heterocycles. The number of carbonyl (C=O) groups is 2. The van der Waals surface area contributed by atoms with Crippen molar-refractivity contribution < 1.29 is 9.59 Å². The highest BCUT2D eigenvalue weighted by Gasteiger charge is 2.39. The van der Waals surface area contributed by atoms with Gasteiger partial charge in [-0.25, -0.2) is 0 Å². The number of amides is 2. The van der Waals surface area contributed by atoms with Crippen LogP contribution in [0, 0.1) is 17.8 Å². The van der Waals surface area contributed by atoms with Crippen LogP contribution in [0.5, 0.6) is 0 Å². The van der Waals surface area contributed by atoms with Crippen LogP contribution in [-0.2, 0) is 9.59 Å². The molecule has 3 atom stereocenters. The first-order valence-corrected chi connectivity index (χ1v) is 8.06. The van der Waals surface area contributed by atoms with Gasteiger partial charge in [-0.15, -0.1) is 0 Å². The molecule has 3 N–H and O–H groups in total. The fourth-order valence-electron chi connectivity index (χ4n) is 3.04. The Hall–Kier alpha value is -1.10. The number of nitrogens with one attached hydrogen (secondary N) is 1. The molecule has 0 aromatic carbocycles. The number of nitrogens with two attached hydrogens (primary N) is 1. The van der Waals surface area contributed by atoms with Crippen molar-refractivity contribution in [1.29, 1.82) is 0 Å². The van der Waals surface area contributed by atoms with E-state index in [0.717, 1.165) is 13.0 Å². The number of nitrogens with zero attached hydrogens (tertiary/aromatic N) is 1. The summed E-state index contributed by atoms with van der Waals surface area (Å²) in [5, 5.41) is 3.26. The third-order valence-corrected chi connectivity index (χ3v) is 4.08. The van der Waals surface area contributed by atoms with Crippen LogP contribution in [0.3, 0.4) is 0 Å². The maximum atomic E-state index is 12.6. The van der Waals surface area contributed by atoms with Crippen molar-refractivity contribution in [2.75, 3.05) is 13.6 Å². The Bertz CT molecular complexity index is 342. The van der Waals surface area contributed by atoms with Gasteiger partial charge >= 0.3 is 0 Å². The lowest BCUT2D eigenvalue weighted by Crippen LogP contribution is -2.54. The maximum Gasteiger partial charge on any atom is 0.240 e. The quantitative estimate of drug-likeness (QED) is 0.810. The fraction of sp³-hybridized carbons (Fsp3) is 0.875. The Labute approximate surface area is 129 Å². The molecule has 2 amide bonds. The number of hydrogen-bond donors (Lipinski definition) is 2. The van der Waals surface area contributed by atoms with Crippen molar-refractivity contribution in [3.05, 3.63) is 0 Å². The number of hydrogen-bond acceptors (Lipinski definition) is 3. The zero-order valence-corrected chi connectivity index (χ0v) is 14.6. The van der Waals surface area contributed by atoms with Crippen LogP contribution >= 0.6 is 0 Å². The van der Waals surface area contributed by atoms with Crippen molar-refractivity contribution in [2.24, 2.45) is 23.5 Å². The fourth-order valence-corrected chi connectivity index (χ4v) is 3.04. The number of rotatable bonds is 5. The van der Waals surface area contributed by atoms with Gasteiger partial charge in [0.05, 0.1) is 6.04 Å². The lowest BCUT2D eigenvalue weighted by atomic mass is 9.88. The summed E-state index contributed by atoms with van der Waals surface area (Å²) in [6.45, 7) is 12.9. The molecule has 3 unspecified atom stereocenters. The first-order chi connectivity index (χ1) is 9.77. The van der Waals surface area contributed by atoms with Crippen LogP contribution < -0.4 is 11.1 Å². The second-order valence-electron chi connectivity index (χ2n) is 6.17. The van der Waals surface area contributed by atoms with E-state index < -0.39 is 11.9 Å². The molecule has 0 aliphatic carbocycles. The first-order valence-electron chi connectivity index (χ1n) is 8.06. The van der Waals surface area contributed by atoms with Gasteiger partial charge in [0.2, 0.25) is 11.8 Å². The molecule has 0 saturated carbocycles. The highest BCUT2D eigenvalue weighted by molar-refractivity contribution is 5.89. The summed E-state index contributed by atoms with van der Waals surface area (Å²) in [6, 6.07) is -0.728. The highest BCUT2D eigenvalue weighted by atomic mass is 16.2. The van der Waals surface area contributed by atoms with E-state index in [2.05, 4.69) is 19.2 Å². The Kier molecular flexibility index (Phi) is 8.55. The largest absolute Gasteiger partial charge is 0.368 e. The molecule has 0 aromatic rings. The second kappa shape index (κ2) is 9.03. The van der Waals surface area contributed by atoms with Gasteiger partial charge in [0.25, 0.3) is 0 Å². The summed E-state index contributed by atoms with van der Waals surface area (Å²) < 4.78 is 0. The number of carbonyl (C=O) groups excluding carboxylic acids is 2. The van der Waals surface area contributed by atoms with Gasteiger partial charge in [0, 0.05) is 7.05 Å². The molecule has 0 bridgehead atoms. The van der Waals surface area contributed by atoms with E-state index in [-0.39, 0.29) is 17.9 Å². The summed E-state index contributed by atoms with van der Waals surface area (Å²) in [6.07, 6.45) is 1.00. The lowest BCUT2D eigenvalue weighted by Gasteiger charge is -2.33. The molecule has 21 heavy (non-hydrogen) atoms. The van der Waals surface area contributed by atoms with E-state index in [4.69, 9.17) is 5.73 Å². The molecule has 124 valence electrons. The van der Waals surface area contributed by atoms with Gasteiger partial charge in [-0.3, -0.25) is 9.59 Å². The van der Waals surface area contributed by atoms with Crippen LogP contribution in [0.4, 0.5) is 0 Å². The van der Waals surface area contributed by atoms with Crippen molar-refractivity contribution in [3.63, 3.8) is 0 Å². The Morgan fingerprint density at radius 2 is 1.71 bits per heavy atom. The molecule has 0 radical (unpaired) electrons. The van der Waals surface area contributed by atoms with E-state index in [1.54, 1.807) is 7.05 Å². The highest BCUT2D eigenvalue weighted by Crippen LogP contribution is 2.26. The molecule has 1 heterocycles. The molecule has 1 rings (SSSR count). The van der Waals surface area contributed by atoms with Crippen LogP contribution in [0.15, 0.2) is 0 Å². The van der Waals surface area contributed by atoms with E-state index in [1.807, 2.05) is 27.7 Å². The monoisotopic (exact) mass is 299 g/mol. The number of likely N-dealkylation sites (N-methyl/N-ethyl adjacent to an activating group) is 1. The average Bonchev–Trinajstić information content (AvgIpc) is 2.88. The zero-order chi connectivity index (χ0) is 16.7. The molecular formula is C16H33N3O2. The second-order valence-corrected chi connectivity index (χ2v) is 6.17. The predicted molar refractivity (Wildman–Crippen MR) is 86.7 cm³/mol. The van der Waals surface area contributed by atoms with Gasteiger partial charge in [-0.05, 0) is 30.7 Å². The summed E-state index contributed by atoms with van der Waals surface area (Å²) in [4.78, 5) is 25.6. The van der Waals surface area contributed by atoms with Crippen LogP contribution in [0.2, 0.25) is 0 Å². The summed E-state index contributed by atoms with van der Waals surface area (Å²) in [5.41, 5.74) is 5.42. The minimum atomic E-state index is -0.539. The normalized spacial score (nSPS) is 22.7. The smallest absolute Gasteiger partial charge is 0.240 e. The van der Waals surface area contributed by atoms with Crippen LogP contribution in [0.1, 0.15) is 48.0 Å². The SMILES string of the molecule is CC.CC(C)C1CCNC1C(=O)N(C)C(C(N)=O)C(C)C. The molecule has 5 nitrogen and oxygen atoms in total. The minimum absolute atomic E-state index is 0.0188. The van der Waals surface area contributed by atoms with Crippen molar-refractivity contribution in [2.45, 2.75) is 60.0 Å². The Morgan fingerprint density at radius 1 is 1.19 bits per heavy atom. The van der Waals surface area contributed by atoms with Gasteiger partial charge < -0.3 is 16.0 Å². The molecule has 1 aliphatic rings. The van der Waals surface area contributed by atoms with Crippen LogP contribution in [0.25, 0.3) is 0 Å². The van der Waals surface area contributed by atoms with Gasteiger partial charge in [0.15, 0.2) is 0 Å². The van der Waals surface area contributed by atoms with E-state index >= 15 is 0 Å². The van der Waals surface area contributed by atoms with Crippen molar-refractivity contribution in [1.82, 2.24) is 10.2 Å². The zero-order valence-electron chi connectivity index (χ0n) is 14.6. The molecule has 1 fully saturated rings. The topological polar surface area (TPSA) is 75.4 Å². The van der Waals surface area contributed by atoms with E-state index in [1.165, 1.54) is 4.90 Å². The van der Waals surface area contributed by atoms with Crippen LogP contribution in [-0.4, -0.2) is 42.4 Å². The van der Waals surface area contributed by atoms with E-state index in [0.29, 0.717) is 11.8 Å². The number of primary amides is 1. The molecule has 1 aliphatic heterocycles. The minimum Gasteiger partial charge on any atom is -0.368 e. The third kappa shape index (κ3) is 4.99. The molecule has 0 spiro atoms. The Balaban J connectivity index is 0.00000191. The molecular weight excluding hydrogens is 266 g/mol. The standard InChI is InChI=1S/C14H27N3O2.C2H6/c1-8(2)10-6-7-16-11(10)14(19)17(5)12(9(3)4)13(15)18;1-2/h8-12,16H,6-7H2,1-5H3,(H2,15,18);1-2H3. The summed E-state index contributed by atoms with van der Waals surface area (Å²) in [7, 11) is 1.68. The third-order valence-electron chi connectivity index (χ3n) is 4.08.